The molecule has 0 radical (unpaired) electrons. The summed E-state index contributed by atoms with van der Waals surface area (Å²) < 4.78 is 5.80. The lowest BCUT2D eigenvalue weighted by atomic mass is 9.45. The summed E-state index contributed by atoms with van der Waals surface area (Å²) in [4.78, 5) is 25.0. The van der Waals surface area contributed by atoms with Crippen molar-refractivity contribution in [2.45, 2.75) is 91.0 Å². The molecular weight excluding hydrogens is 380 g/mol. The van der Waals surface area contributed by atoms with Gasteiger partial charge in [0.15, 0.2) is 5.78 Å². The number of esters is 1. The third kappa shape index (κ3) is 3.12. The number of aliphatic hydroxyl groups is 2. The molecule has 5 heteroatoms. The Hall–Kier alpha value is -1.46. The quantitative estimate of drug-likeness (QED) is 0.539. The highest BCUT2D eigenvalue weighted by atomic mass is 16.6. The van der Waals surface area contributed by atoms with Gasteiger partial charge < -0.3 is 14.9 Å². The lowest BCUT2D eigenvalue weighted by Gasteiger charge is -2.59. The van der Waals surface area contributed by atoms with Crippen molar-refractivity contribution in [2.24, 2.45) is 28.6 Å². The smallest absolute Gasteiger partial charge is 0.312 e. The van der Waals surface area contributed by atoms with Crippen molar-refractivity contribution >= 4 is 11.8 Å². The van der Waals surface area contributed by atoms with Crippen LogP contribution in [0.2, 0.25) is 0 Å². The molecule has 0 bridgehead atoms. The average Bonchev–Trinajstić information content (AvgIpc) is 3.01. The number of rotatable bonds is 4. The van der Waals surface area contributed by atoms with Crippen LogP contribution in [0.3, 0.4) is 0 Å². The maximum Gasteiger partial charge on any atom is 0.312 e. The summed E-state index contributed by atoms with van der Waals surface area (Å²) in [6.45, 7) is 9.95. The molecule has 0 aromatic rings. The second-order valence-corrected chi connectivity index (χ2v) is 11.1. The lowest BCUT2D eigenvalue weighted by Crippen LogP contribution is -2.61. The van der Waals surface area contributed by atoms with Crippen molar-refractivity contribution in [3.8, 4) is 0 Å². The SMILES string of the molecule is CC(=CC1C(=O)C(C)=CC1O)CCC1C(C)(O)CC2OC(=O)C3(C)CCCC1(C)C23. The van der Waals surface area contributed by atoms with Crippen LogP contribution in [-0.2, 0) is 14.3 Å². The molecule has 0 spiro atoms. The van der Waals surface area contributed by atoms with Gasteiger partial charge in [0.25, 0.3) is 0 Å². The Kier molecular flexibility index (Phi) is 5.10. The van der Waals surface area contributed by atoms with E-state index in [0.717, 1.165) is 37.7 Å². The normalized spacial score (nSPS) is 48.4. The predicted molar refractivity (Wildman–Crippen MR) is 113 cm³/mol. The number of aliphatic hydroxyl groups excluding tert-OH is 1. The summed E-state index contributed by atoms with van der Waals surface area (Å²) in [6, 6.07) is 0. The second-order valence-electron chi connectivity index (χ2n) is 11.1. The van der Waals surface area contributed by atoms with Crippen LogP contribution in [0.25, 0.3) is 0 Å². The van der Waals surface area contributed by atoms with Gasteiger partial charge in [-0.3, -0.25) is 9.59 Å². The summed E-state index contributed by atoms with van der Waals surface area (Å²) in [5.74, 6) is -0.396. The standard InChI is InChI=1S/C25H36O5/c1-14(11-16-17(26)12-15(2)20(16)27)7-8-19-23(3)9-6-10-24(4)21(23)18(30-22(24)28)13-25(19,5)29/h11-12,16-19,21,26,29H,6-10,13H2,1-5H3. The van der Waals surface area contributed by atoms with E-state index in [1.54, 1.807) is 13.0 Å². The van der Waals surface area contributed by atoms with Crippen molar-refractivity contribution in [3.05, 3.63) is 23.3 Å². The highest BCUT2D eigenvalue weighted by Gasteiger charge is 2.69. The fraction of sp³-hybridized carbons (Fsp3) is 0.760. The number of hydrogen-bond acceptors (Lipinski definition) is 5. The molecule has 166 valence electrons. The average molecular weight is 417 g/mol. The van der Waals surface area contributed by atoms with Gasteiger partial charge in [-0.25, -0.2) is 0 Å². The molecule has 1 heterocycles. The van der Waals surface area contributed by atoms with Crippen LogP contribution in [0.4, 0.5) is 0 Å². The monoisotopic (exact) mass is 416 g/mol. The van der Waals surface area contributed by atoms with Crippen LogP contribution in [0.1, 0.15) is 73.1 Å². The molecule has 3 aliphatic carbocycles. The highest BCUT2D eigenvalue weighted by molar-refractivity contribution is 6.01. The zero-order chi connectivity index (χ0) is 22.1. The lowest BCUT2D eigenvalue weighted by molar-refractivity contribution is -0.181. The third-order valence-electron chi connectivity index (χ3n) is 8.84. The van der Waals surface area contributed by atoms with Gasteiger partial charge >= 0.3 is 5.97 Å². The van der Waals surface area contributed by atoms with Gasteiger partial charge in [0.05, 0.1) is 23.0 Å². The summed E-state index contributed by atoms with van der Waals surface area (Å²) in [7, 11) is 0. The molecule has 8 unspecified atom stereocenters. The molecule has 5 nitrogen and oxygen atoms in total. The molecule has 4 rings (SSSR count). The van der Waals surface area contributed by atoms with Crippen molar-refractivity contribution in [3.63, 3.8) is 0 Å². The highest BCUT2D eigenvalue weighted by Crippen LogP contribution is 2.66. The number of carbonyl (C=O) groups excluding carboxylic acids is 2. The minimum Gasteiger partial charge on any atom is -0.461 e. The van der Waals surface area contributed by atoms with Gasteiger partial charge in [-0.1, -0.05) is 25.0 Å². The topological polar surface area (TPSA) is 83.8 Å². The van der Waals surface area contributed by atoms with Crippen LogP contribution >= 0.6 is 0 Å². The van der Waals surface area contributed by atoms with E-state index in [0.29, 0.717) is 12.0 Å². The van der Waals surface area contributed by atoms with Crippen molar-refractivity contribution in [1.82, 2.24) is 0 Å². The summed E-state index contributed by atoms with van der Waals surface area (Å²) in [6.07, 6.45) is 7.46. The number of ether oxygens (including phenoxy) is 1. The second kappa shape index (κ2) is 7.03. The molecule has 1 saturated heterocycles. The fourth-order valence-electron chi connectivity index (χ4n) is 7.53. The number of Topliss-reactive ketones (excluding diaryl/α,β-unsaturated/α-hetero) is 1. The molecule has 2 saturated carbocycles. The van der Waals surface area contributed by atoms with Crippen LogP contribution in [-0.4, -0.2) is 39.8 Å². The number of carbonyl (C=O) groups is 2. The minimum atomic E-state index is -0.903. The molecule has 1 aliphatic heterocycles. The molecule has 30 heavy (non-hydrogen) atoms. The van der Waals surface area contributed by atoms with Gasteiger partial charge in [0, 0.05) is 12.3 Å². The predicted octanol–water partition coefficient (Wildman–Crippen LogP) is 3.73. The maximum absolute atomic E-state index is 12.7. The van der Waals surface area contributed by atoms with Crippen LogP contribution in [0.5, 0.6) is 0 Å². The molecule has 0 aromatic carbocycles. The van der Waals surface area contributed by atoms with Crippen molar-refractivity contribution < 1.29 is 24.5 Å². The minimum absolute atomic E-state index is 0.00835. The van der Waals surface area contributed by atoms with E-state index in [4.69, 9.17) is 4.74 Å². The van der Waals surface area contributed by atoms with Gasteiger partial charge in [0.1, 0.15) is 6.10 Å². The Bertz CT molecular complexity index is 823. The van der Waals surface area contributed by atoms with E-state index in [1.807, 2.05) is 19.9 Å². The van der Waals surface area contributed by atoms with Crippen molar-refractivity contribution in [2.75, 3.05) is 0 Å². The van der Waals surface area contributed by atoms with Crippen molar-refractivity contribution in [1.29, 1.82) is 0 Å². The first-order valence-electron chi connectivity index (χ1n) is 11.4. The van der Waals surface area contributed by atoms with E-state index in [-0.39, 0.29) is 35.1 Å². The summed E-state index contributed by atoms with van der Waals surface area (Å²) in [5, 5.41) is 21.6. The van der Waals surface area contributed by atoms with E-state index in [1.165, 1.54) is 0 Å². The van der Waals surface area contributed by atoms with E-state index < -0.39 is 23.0 Å². The van der Waals surface area contributed by atoms with Gasteiger partial charge in [-0.05, 0) is 76.4 Å². The Morgan fingerprint density at radius 2 is 1.97 bits per heavy atom. The molecule has 2 N–H and O–H groups in total. The molecular formula is C25H36O5. The van der Waals surface area contributed by atoms with E-state index in [9.17, 15) is 19.8 Å². The number of ketones is 1. The maximum atomic E-state index is 12.7. The first kappa shape index (κ1) is 21.8. The first-order chi connectivity index (χ1) is 13.9. The fourth-order valence-corrected chi connectivity index (χ4v) is 7.53. The Balaban J connectivity index is 1.55. The molecule has 3 fully saturated rings. The van der Waals surface area contributed by atoms with Gasteiger partial charge in [0.2, 0.25) is 0 Å². The van der Waals surface area contributed by atoms with Crippen LogP contribution < -0.4 is 0 Å². The van der Waals surface area contributed by atoms with E-state index in [2.05, 4.69) is 13.8 Å². The van der Waals surface area contributed by atoms with Gasteiger partial charge in [-0.15, -0.1) is 0 Å². The molecule has 4 aliphatic rings. The third-order valence-corrected chi connectivity index (χ3v) is 8.84. The zero-order valence-corrected chi connectivity index (χ0v) is 18.9. The van der Waals surface area contributed by atoms with Gasteiger partial charge in [-0.2, -0.15) is 0 Å². The van der Waals surface area contributed by atoms with E-state index >= 15 is 0 Å². The zero-order valence-electron chi connectivity index (χ0n) is 18.9. The van der Waals surface area contributed by atoms with Crippen LogP contribution in [0, 0.1) is 28.6 Å². The largest absolute Gasteiger partial charge is 0.461 e. The van der Waals surface area contributed by atoms with Crippen LogP contribution in [0.15, 0.2) is 23.3 Å². The Morgan fingerprint density at radius 3 is 2.60 bits per heavy atom. The Labute approximate surface area is 179 Å². The summed E-state index contributed by atoms with van der Waals surface area (Å²) in [5.41, 5.74) is 0.181. The number of hydrogen-bond donors (Lipinski definition) is 2. The first-order valence-corrected chi connectivity index (χ1v) is 11.4. The Morgan fingerprint density at radius 1 is 1.27 bits per heavy atom. The molecule has 0 amide bonds. The number of allylic oxidation sites excluding steroid dienone is 2. The molecule has 8 atom stereocenters. The molecule has 0 aromatic heterocycles. The summed E-state index contributed by atoms with van der Waals surface area (Å²) >= 11 is 0.